The molecule has 0 radical (unpaired) electrons. The lowest BCUT2D eigenvalue weighted by Crippen LogP contribution is -2.34. The van der Waals surface area contributed by atoms with E-state index in [9.17, 15) is 0 Å². The van der Waals surface area contributed by atoms with Gasteiger partial charge in [0.25, 0.3) is 0 Å². The molecule has 0 saturated carbocycles. The van der Waals surface area contributed by atoms with Gasteiger partial charge in [0.2, 0.25) is 0 Å². The Morgan fingerprint density at radius 2 is 2.20 bits per heavy atom. The molecule has 0 spiro atoms. The first kappa shape index (κ1) is 10.5. The molecular formula is C12H17NO2. The minimum absolute atomic E-state index is 0.0186. The zero-order chi connectivity index (χ0) is 10.7. The molecule has 15 heavy (non-hydrogen) atoms. The zero-order valence-electron chi connectivity index (χ0n) is 8.98. The Balaban J connectivity index is 2.26. The summed E-state index contributed by atoms with van der Waals surface area (Å²) in [6.07, 6.45) is 2.05. The average molecular weight is 207 g/mol. The van der Waals surface area contributed by atoms with Gasteiger partial charge < -0.3 is 15.2 Å². The molecule has 2 atom stereocenters. The van der Waals surface area contributed by atoms with Gasteiger partial charge in [0, 0.05) is 18.2 Å². The van der Waals surface area contributed by atoms with Crippen LogP contribution in [0.25, 0.3) is 0 Å². The van der Waals surface area contributed by atoms with Gasteiger partial charge in [-0.05, 0) is 18.9 Å². The monoisotopic (exact) mass is 207 g/mol. The van der Waals surface area contributed by atoms with Crippen LogP contribution in [0.15, 0.2) is 24.3 Å². The molecule has 3 nitrogen and oxygen atoms in total. The predicted octanol–water partition coefficient (Wildman–Crippen LogP) is 1.87. The second-order valence-electron chi connectivity index (χ2n) is 3.84. The molecule has 2 N–H and O–H groups in total. The van der Waals surface area contributed by atoms with Crippen molar-refractivity contribution in [1.29, 1.82) is 0 Å². The highest BCUT2D eigenvalue weighted by molar-refractivity contribution is 5.36. The number of methoxy groups -OCH3 is 1. The van der Waals surface area contributed by atoms with E-state index in [0.29, 0.717) is 0 Å². The number of rotatable bonds is 2. The maximum atomic E-state index is 6.05. The number of ether oxygens (including phenoxy) is 2. The molecule has 1 aromatic rings. The minimum Gasteiger partial charge on any atom is -0.496 e. The summed E-state index contributed by atoms with van der Waals surface area (Å²) in [7, 11) is 1.67. The van der Waals surface area contributed by atoms with E-state index in [1.54, 1.807) is 7.11 Å². The smallest absolute Gasteiger partial charge is 0.124 e. The number of nitrogens with two attached hydrogens (primary N) is 1. The van der Waals surface area contributed by atoms with Crippen LogP contribution in [0, 0.1) is 0 Å². The lowest BCUT2D eigenvalue weighted by atomic mass is 9.96. The highest BCUT2D eigenvalue weighted by Crippen LogP contribution is 2.32. The highest BCUT2D eigenvalue weighted by Gasteiger charge is 2.26. The maximum Gasteiger partial charge on any atom is 0.124 e. The molecule has 1 aromatic carbocycles. The van der Waals surface area contributed by atoms with Gasteiger partial charge in [-0.25, -0.2) is 0 Å². The summed E-state index contributed by atoms with van der Waals surface area (Å²) in [4.78, 5) is 0. The molecule has 1 heterocycles. The third-order valence-corrected chi connectivity index (χ3v) is 2.81. The molecule has 2 rings (SSSR count). The van der Waals surface area contributed by atoms with E-state index < -0.39 is 0 Å². The average Bonchev–Trinajstić information content (AvgIpc) is 2.30. The third-order valence-electron chi connectivity index (χ3n) is 2.81. The van der Waals surface area contributed by atoms with Gasteiger partial charge in [-0.15, -0.1) is 0 Å². The summed E-state index contributed by atoms with van der Waals surface area (Å²) in [6.45, 7) is 0.788. The highest BCUT2D eigenvalue weighted by atomic mass is 16.5. The Kier molecular flexibility index (Phi) is 3.23. The van der Waals surface area contributed by atoms with E-state index in [1.165, 1.54) is 0 Å². The molecule has 0 bridgehead atoms. The second kappa shape index (κ2) is 4.64. The molecule has 82 valence electrons. The van der Waals surface area contributed by atoms with E-state index in [4.69, 9.17) is 15.2 Å². The van der Waals surface area contributed by atoms with Crippen LogP contribution < -0.4 is 10.5 Å². The Morgan fingerprint density at radius 1 is 1.40 bits per heavy atom. The van der Waals surface area contributed by atoms with E-state index in [-0.39, 0.29) is 12.1 Å². The number of benzene rings is 1. The normalized spacial score (nSPS) is 26.3. The van der Waals surface area contributed by atoms with Gasteiger partial charge in [0.05, 0.1) is 7.11 Å². The third kappa shape index (κ3) is 2.13. The number of hydrogen-bond acceptors (Lipinski definition) is 3. The Hall–Kier alpha value is -1.06. The van der Waals surface area contributed by atoms with Crippen molar-refractivity contribution >= 4 is 0 Å². The van der Waals surface area contributed by atoms with Gasteiger partial charge in [-0.3, -0.25) is 0 Å². The van der Waals surface area contributed by atoms with Gasteiger partial charge in [0.15, 0.2) is 0 Å². The molecule has 1 fully saturated rings. The molecule has 3 heteroatoms. The zero-order valence-corrected chi connectivity index (χ0v) is 8.98. The first-order valence-electron chi connectivity index (χ1n) is 5.33. The molecule has 0 aliphatic carbocycles. The second-order valence-corrected chi connectivity index (χ2v) is 3.84. The molecule has 1 saturated heterocycles. The predicted molar refractivity (Wildman–Crippen MR) is 58.9 cm³/mol. The molecule has 1 aliphatic rings. The fourth-order valence-corrected chi connectivity index (χ4v) is 2.03. The summed E-state index contributed by atoms with van der Waals surface area (Å²) < 4.78 is 11.0. The van der Waals surface area contributed by atoms with Crippen LogP contribution in [-0.2, 0) is 4.74 Å². The summed E-state index contributed by atoms with van der Waals surface area (Å²) in [5, 5.41) is 0. The maximum absolute atomic E-state index is 6.05. The Morgan fingerprint density at radius 3 is 2.93 bits per heavy atom. The van der Waals surface area contributed by atoms with Gasteiger partial charge in [-0.2, -0.15) is 0 Å². The summed E-state index contributed by atoms with van der Waals surface area (Å²) in [6, 6.07) is 7.99. The summed E-state index contributed by atoms with van der Waals surface area (Å²) in [5.41, 5.74) is 7.12. The van der Waals surface area contributed by atoms with Gasteiger partial charge in [0.1, 0.15) is 11.9 Å². The van der Waals surface area contributed by atoms with Crippen LogP contribution in [0.1, 0.15) is 24.5 Å². The van der Waals surface area contributed by atoms with E-state index >= 15 is 0 Å². The lowest BCUT2D eigenvalue weighted by molar-refractivity contribution is -0.00112. The van der Waals surface area contributed by atoms with Crippen molar-refractivity contribution in [1.82, 2.24) is 0 Å². The summed E-state index contributed by atoms with van der Waals surface area (Å²) in [5.74, 6) is 0.861. The van der Waals surface area contributed by atoms with E-state index in [2.05, 4.69) is 0 Å². The fraction of sp³-hybridized carbons (Fsp3) is 0.500. The van der Waals surface area contributed by atoms with E-state index in [0.717, 1.165) is 30.8 Å². The van der Waals surface area contributed by atoms with Crippen molar-refractivity contribution in [2.45, 2.75) is 25.0 Å². The first-order chi connectivity index (χ1) is 7.33. The van der Waals surface area contributed by atoms with Crippen molar-refractivity contribution in [2.75, 3.05) is 13.7 Å². The van der Waals surface area contributed by atoms with Gasteiger partial charge in [-0.1, -0.05) is 18.2 Å². The minimum atomic E-state index is -0.0186. The van der Waals surface area contributed by atoms with Crippen LogP contribution >= 0.6 is 0 Å². The molecule has 0 amide bonds. The Labute approximate surface area is 90.2 Å². The van der Waals surface area contributed by atoms with Crippen LogP contribution in [0.4, 0.5) is 0 Å². The van der Waals surface area contributed by atoms with Crippen molar-refractivity contribution in [3.05, 3.63) is 29.8 Å². The van der Waals surface area contributed by atoms with Crippen LogP contribution in [0.3, 0.4) is 0 Å². The Bertz CT molecular complexity index is 327. The fourth-order valence-electron chi connectivity index (χ4n) is 2.03. The first-order valence-corrected chi connectivity index (χ1v) is 5.33. The quantitative estimate of drug-likeness (QED) is 0.805. The van der Waals surface area contributed by atoms with Gasteiger partial charge >= 0.3 is 0 Å². The summed E-state index contributed by atoms with van der Waals surface area (Å²) >= 11 is 0. The molecule has 2 unspecified atom stereocenters. The lowest BCUT2D eigenvalue weighted by Gasteiger charge is -2.30. The number of hydrogen-bond donors (Lipinski definition) is 1. The SMILES string of the molecule is COc1ccccc1C1OCCCC1N. The standard InChI is InChI=1S/C12H17NO2/c1-14-11-7-3-2-5-9(11)12-10(13)6-4-8-15-12/h2-3,5,7,10,12H,4,6,8,13H2,1H3. The van der Waals surface area contributed by atoms with Crippen molar-refractivity contribution in [3.63, 3.8) is 0 Å². The molecule has 0 aromatic heterocycles. The van der Waals surface area contributed by atoms with Crippen molar-refractivity contribution in [3.8, 4) is 5.75 Å². The van der Waals surface area contributed by atoms with E-state index in [1.807, 2.05) is 24.3 Å². The van der Waals surface area contributed by atoms with Crippen LogP contribution in [0.2, 0.25) is 0 Å². The van der Waals surface area contributed by atoms with Crippen LogP contribution in [-0.4, -0.2) is 19.8 Å². The van der Waals surface area contributed by atoms with Crippen LogP contribution in [0.5, 0.6) is 5.75 Å². The van der Waals surface area contributed by atoms with Crippen molar-refractivity contribution in [2.24, 2.45) is 5.73 Å². The van der Waals surface area contributed by atoms with Crippen molar-refractivity contribution < 1.29 is 9.47 Å². The molecular weight excluding hydrogens is 190 g/mol. The topological polar surface area (TPSA) is 44.5 Å². The number of para-hydroxylation sites is 1. The largest absolute Gasteiger partial charge is 0.496 e. The molecule has 1 aliphatic heterocycles.